The predicted molar refractivity (Wildman–Crippen MR) is 93.4 cm³/mol. The lowest BCUT2D eigenvalue weighted by atomic mass is 10.3. The highest BCUT2D eigenvalue weighted by Gasteiger charge is 2.24. The van der Waals surface area contributed by atoms with Gasteiger partial charge in [0.05, 0.1) is 17.1 Å². The molecule has 0 saturated heterocycles. The molecule has 0 spiro atoms. The van der Waals surface area contributed by atoms with E-state index in [1.54, 1.807) is 37.7 Å². The topological polar surface area (TPSA) is 82.5 Å². The van der Waals surface area contributed by atoms with Crippen LogP contribution < -0.4 is 10.1 Å². The van der Waals surface area contributed by atoms with Gasteiger partial charge in [0.2, 0.25) is 0 Å². The van der Waals surface area contributed by atoms with Gasteiger partial charge in [-0.05, 0) is 39.8 Å². The van der Waals surface area contributed by atoms with E-state index in [4.69, 9.17) is 9.47 Å². The number of nitrogens with one attached hydrogen (secondary N) is 1. The van der Waals surface area contributed by atoms with Crippen LogP contribution in [0.1, 0.15) is 25.2 Å². The fourth-order valence-corrected chi connectivity index (χ4v) is 2.25. The highest BCUT2D eigenvalue weighted by Crippen LogP contribution is 2.19. The molecule has 0 bridgehead atoms. The maximum Gasteiger partial charge on any atom is 0.347 e. The molecule has 2 atom stereocenters. The average Bonchev–Trinajstić information content (AvgIpc) is 2.81. The number of esters is 1. The lowest BCUT2D eigenvalue weighted by Crippen LogP contribution is -2.35. The Bertz CT molecular complexity index is 755. The summed E-state index contributed by atoms with van der Waals surface area (Å²) < 4.78 is 12.4. The van der Waals surface area contributed by atoms with Gasteiger partial charge in [-0.25, -0.2) is 4.79 Å². The van der Waals surface area contributed by atoms with E-state index < -0.39 is 24.1 Å². The third-order valence-electron chi connectivity index (χ3n) is 3.81. The lowest BCUT2D eigenvalue weighted by Gasteiger charge is -2.18. The van der Waals surface area contributed by atoms with Crippen molar-refractivity contribution in [2.24, 2.45) is 7.05 Å². The van der Waals surface area contributed by atoms with Gasteiger partial charge in [0.25, 0.3) is 5.91 Å². The summed E-state index contributed by atoms with van der Waals surface area (Å²) in [7, 11) is 1.80. The van der Waals surface area contributed by atoms with E-state index in [0.717, 1.165) is 5.69 Å². The van der Waals surface area contributed by atoms with Crippen molar-refractivity contribution < 1.29 is 19.1 Å². The summed E-state index contributed by atoms with van der Waals surface area (Å²) in [6.07, 6.45) is -1.77. The highest BCUT2D eigenvalue weighted by atomic mass is 16.6. The second-order valence-electron chi connectivity index (χ2n) is 5.81. The molecule has 1 N–H and O–H groups in total. The van der Waals surface area contributed by atoms with Crippen LogP contribution in [-0.4, -0.2) is 33.9 Å². The zero-order chi connectivity index (χ0) is 18.6. The summed E-state index contributed by atoms with van der Waals surface area (Å²) in [5.41, 5.74) is 2.15. The Kier molecular flexibility index (Phi) is 5.80. The van der Waals surface area contributed by atoms with Gasteiger partial charge in [-0.15, -0.1) is 0 Å². The van der Waals surface area contributed by atoms with Crippen molar-refractivity contribution in [1.82, 2.24) is 9.78 Å². The van der Waals surface area contributed by atoms with Gasteiger partial charge in [-0.2, -0.15) is 5.10 Å². The molecule has 0 aliphatic carbocycles. The Morgan fingerprint density at radius 1 is 1.12 bits per heavy atom. The standard InChI is InChI=1S/C18H23N3O4/c1-11-16(12(2)21(5)20-11)19-17(22)13(3)25-18(23)14(4)24-15-9-7-6-8-10-15/h6-10,13-14H,1-5H3,(H,19,22)/t13-,14+/m1/s1. The van der Waals surface area contributed by atoms with E-state index in [2.05, 4.69) is 10.4 Å². The molecule has 0 saturated carbocycles. The number of hydrogen-bond donors (Lipinski definition) is 1. The normalized spacial score (nSPS) is 13.0. The summed E-state index contributed by atoms with van der Waals surface area (Å²) >= 11 is 0. The third-order valence-corrected chi connectivity index (χ3v) is 3.81. The van der Waals surface area contributed by atoms with Crippen LogP contribution in [0.5, 0.6) is 5.75 Å². The lowest BCUT2D eigenvalue weighted by molar-refractivity contribution is -0.159. The first-order valence-corrected chi connectivity index (χ1v) is 8.03. The van der Waals surface area contributed by atoms with E-state index in [-0.39, 0.29) is 0 Å². The molecule has 0 radical (unpaired) electrons. The number of nitrogens with zero attached hydrogens (tertiary/aromatic N) is 2. The van der Waals surface area contributed by atoms with E-state index in [9.17, 15) is 9.59 Å². The van der Waals surface area contributed by atoms with Crippen LogP contribution >= 0.6 is 0 Å². The van der Waals surface area contributed by atoms with Gasteiger partial charge < -0.3 is 14.8 Å². The zero-order valence-corrected chi connectivity index (χ0v) is 15.1. The van der Waals surface area contributed by atoms with Crippen LogP contribution in [0.15, 0.2) is 30.3 Å². The van der Waals surface area contributed by atoms with Crippen molar-refractivity contribution in [3.8, 4) is 5.75 Å². The Morgan fingerprint density at radius 2 is 1.76 bits per heavy atom. The maximum absolute atomic E-state index is 12.3. The molecule has 1 heterocycles. The molecule has 7 nitrogen and oxygen atoms in total. The number of aromatic nitrogens is 2. The minimum Gasteiger partial charge on any atom is -0.479 e. The molecule has 7 heteroatoms. The number of ether oxygens (including phenoxy) is 2. The number of carbonyl (C=O) groups excluding carboxylic acids is 2. The molecule has 1 aromatic heterocycles. The molecule has 2 rings (SSSR count). The highest BCUT2D eigenvalue weighted by molar-refractivity contribution is 5.96. The zero-order valence-electron chi connectivity index (χ0n) is 15.1. The minimum absolute atomic E-state index is 0.417. The van der Waals surface area contributed by atoms with Gasteiger partial charge >= 0.3 is 5.97 Å². The molecule has 0 aliphatic heterocycles. The van der Waals surface area contributed by atoms with Crippen molar-refractivity contribution in [2.45, 2.75) is 39.9 Å². The van der Waals surface area contributed by atoms with Gasteiger partial charge in [0, 0.05) is 7.05 Å². The summed E-state index contributed by atoms with van der Waals surface area (Å²) in [6, 6.07) is 8.95. The van der Waals surface area contributed by atoms with Crippen molar-refractivity contribution in [1.29, 1.82) is 0 Å². The summed E-state index contributed by atoms with van der Waals surface area (Å²) in [6.45, 7) is 6.75. The van der Waals surface area contributed by atoms with Gasteiger partial charge in [0.1, 0.15) is 5.75 Å². The average molecular weight is 345 g/mol. The van der Waals surface area contributed by atoms with E-state index in [1.807, 2.05) is 25.1 Å². The van der Waals surface area contributed by atoms with Crippen molar-refractivity contribution >= 4 is 17.6 Å². The van der Waals surface area contributed by atoms with Gasteiger partial charge in [0.15, 0.2) is 12.2 Å². The SMILES string of the molecule is Cc1nn(C)c(C)c1NC(=O)[C@@H](C)OC(=O)[C@H](C)Oc1ccccc1. The molecule has 134 valence electrons. The van der Waals surface area contributed by atoms with Crippen LogP contribution in [0.25, 0.3) is 0 Å². The van der Waals surface area contributed by atoms with Crippen molar-refractivity contribution in [2.75, 3.05) is 5.32 Å². The quantitative estimate of drug-likeness (QED) is 0.813. The van der Waals surface area contributed by atoms with Crippen molar-refractivity contribution in [3.63, 3.8) is 0 Å². The van der Waals surface area contributed by atoms with Crippen molar-refractivity contribution in [3.05, 3.63) is 41.7 Å². The Balaban J connectivity index is 1.92. The predicted octanol–water partition coefficient (Wildman–Crippen LogP) is 2.37. The Hall–Kier alpha value is -2.83. The number of hydrogen-bond acceptors (Lipinski definition) is 5. The molecule has 0 aliphatic rings. The first-order valence-electron chi connectivity index (χ1n) is 8.03. The largest absolute Gasteiger partial charge is 0.479 e. The van der Waals surface area contributed by atoms with E-state index >= 15 is 0 Å². The molecule has 25 heavy (non-hydrogen) atoms. The Morgan fingerprint density at radius 3 is 2.32 bits per heavy atom. The van der Waals surface area contributed by atoms with Gasteiger partial charge in [-0.3, -0.25) is 9.48 Å². The van der Waals surface area contributed by atoms with E-state index in [1.165, 1.54) is 6.92 Å². The number of amides is 1. The molecule has 0 unspecified atom stereocenters. The molecule has 1 amide bonds. The minimum atomic E-state index is -0.951. The number of carbonyl (C=O) groups is 2. The number of aryl methyl sites for hydroxylation is 2. The first kappa shape index (κ1) is 18.5. The summed E-state index contributed by atoms with van der Waals surface area (Å²) in [5, 5.41) is 6.99. The second-order valence-corrected chi connectivity index (χ2v) is 5.81. The molecule has 1 aromatic carbocycles. The van der Waals surface area contributed by atoms with Crippen LogP contribution in [0.3, 0.4) is 0 Å². The summed E-state index contributed by atoms with van der Waals surface area (Å²) in [5.74, 6) is -0.462. The van der Waals surface area contributed by atoms with Crippen LogP contribution in [0, 0.1) is 13.8 Å². The van der Waals surface area contributed by atoms with Crippen LogP contribution in [-0.2, 0) is 21.4 Å². The molecular weight excluding hydrogens is 322 g/mol. The maximum atomic E-state index is 12.3. The van der Waals surface area contributed by atoms with Crippen LogP contribution in [0.4, 0.5) is 5.69 Å². The molecule has 0 fully saturated rings. The summed E-state index contributed by atoms with van der Waals surface area (Å²) in [4.78, 5) is 24.4. The fourth-order valence-electron chi connectivity index (χ4n) is 2.25. The number of para-hydroxylation sites is 1. The van der Waals surface area contributed by atoms with Crippen LogP contribution in [0.2, 0.25) is 0 Å². The Labute approximate surface area is 146 Å². The first-order chi connectivity index (χ1) is 11.8. The fraction of sp³-hybridized carbons (Fsp3) is 0.389. The second kappa shape index (κ2) is 7.83. The number of anilines is 1. The monoisotopic (exact) mass is 345 g/mol. The number of rotatable bonds is 6. The third kappa shape index (κ3) is 4.59. The number of benzene rings is 1. The van der Waals surface area contributed by atoms with Gasteiger partial charge in [-0.1, -0.05) is 18.2 Å². The smallest absolute Gasteiger partial charge is 0.347 e. The molecular formula is C18H23N3O4. The van der Waals surface area contributed by atoms with E-state index in [0.29, 0.717) is 17.1 Å². The molecule has 2 aromatic rings.